The van der Waals surface area contributed by atoms with Crippen molar-refractivity contribution in [3.8, 4) is 17.1 Å². The summed E-state index contributed by atoms with van der Waals surface area (Å²) in [6.45, 7) is 6.15. The summed E-state index contributed by atoms with van der Waals surface area (Å²) in [6, 6.07) is 11.2. The normalized spacial score (nSPS) is 10.8. The van der Waals surface area contributed by atoms with Gasteiger partial charge in [0.05, 0.1) is 6.54 Å². The van der Waals surface area contributed by atoms with Crippen LogP contribution in [0.4, 0.5) is 0 Å². The topological polar surface area (TPSA) is 68.5 Å². The molecule has 0 saturated heterocycles. The Morgan fingerprint density at radius 1 is 1.18 bits per heavy atom. The van der Waals surface area contributed by atoms with E-state index < -0.39 is 0 Å². The van der Waals surface area contributed by atoms with E-state index in [4.69, 9.17) is 20.9 Å². The first-order valence-corrected chi connectivity index (χ1v) is 9.24. The number of aromatic nitrogens is 2. The van der Waals surface area contributed by atoms with Gasteiger partial charge in [0.25, 0.3) is 5.91 Å². The monoisotopic (exact) mass is 399 g/mol. The van der Waals surface area contributed by atoms with Gasteiger partial charge in [-0.15, -0.1) is 0 Å². The number of hydrogen-bond donors (Lipinski definition) is 0. The van der Waals surface area contributed by atoms with Crippen molar-refractivity contribution in [1.29, 1.82) is 0 Å². The zero-order chi connectivity index (χ0) is 20.3. The average molecular weight is 400 g/mol. The summed E-state index contributed by atoms with van der Waals surface area (Å²) in [7, 11) is 1.67. The van der Waals surface area contributed by atoms with Gasteiger partial charge in [-0.25, -0.2) is 0 Å². The highest BCUT2D eigenvalue weighted by molar-refractivity contribution is 6.30. The van der Waals surface area contributed by atoms with Crippen LogP contribution in [0.15, 0.2) is 40.9 Å². The molecule has 1 amide bonds. The molecular formula is C21H22ClN3O3. The van der Waals surface area contributed by atoms with Crippen LogP contribution in [0, 0.1) is 20.8 Å². The maximum absolute atomic E-state index is 12.4. The van der Waals surface area contributed by atoms with Crippen LogP contribution < -0.4 is 4.74 Å². The first-order chi connectivity index (χ1) is 13.3. The molecule has 1 heterocycles. The SMILES string of the molecule is Cc1cc(C)c(C)c(OCC(=O)N(C)Cc2nc(-c3ccc(Cl)cc3)no2)c1. The van der Waals surface area contributed by atoms with Crippen molar-refractivity contribution in [3.63, 3.8) is 0 Å². The quantitative estimate of drug-likeness (QED) is 0.616. The van der Waals surface area contributed by atoms with Gasteiger partial charge >= 0.3 is 0 Å². The molecule has 3 rings (SSSR count). The lowest BCUT2D eigenvalue weighted by Crippen LogP contribution is -2.31. The molecule has 2 aromatic carbocycles. The minimum Gasteiger partial charge on any atom is -0.483 e. The fraction of sp³-hybridized carbons (Fsp3) is 0.286. The van der Waals surface area contributed by atoms with Gasteiger partial charge in [0.15, 0.2) is 6.61 Å². The second-order valence-electron chi connectivity index (χ2n) is 6.76. The predicted octanol–water partition coefficient (Wildman–Crippen LogP) is 4.35. The smallest absolute Gasteiger partial charge is 0.260 e. The third-order valence-electron chi connectivity index (χ3n) is 4.48. The Labute approximate surface area is 169 Å². The molecule has 1 aromatic heterocycles. The van der Waals surface area contributed by atoms with Crippen molar-refractivity contribution >= 4 is 17.5 Å². The minimum atomic E-state index is -0.176. The number of rotatable bonds is 6. The van der Waals surface area contributed by atoms with E-state index in [1.54, 1.807) is 19.2 Å². The average Bonchev–Trinajstić information content (AvgIpc) is 3.12. The number of likely N-dealkylation sites (N-methyl/N-ethyl adjacent to an activating group) is 1. The number of hydrogen-bond acceptors (Lipinski definition) is 5. The zero-order valence-corrected chi connectivity index (χ0v) is 17.1. The highest BCUT2D eigenvalue weighted by Crippen LogP contribution is 2.23. The lowest BCUT2D eigenvalue weighted by atomic mass is 10.1. The van der Waals surface area contributed by atoms with Crippen LogP contribution in [0.3, 0.4) is 0 Å². The number of carbonyl (C=O) groups excluding carboxylic acids is 1. The van der Waals surface area contributed by atoms with Gasteiger partial charge in [-0.05, 0) is 67.8 Å². The number of amides is 1. The molecular weight excluding hydrogens is 378 g/mol. The number of carbonyl (C=O) groups is 1. The van der Waals surface area contributed by atoms with Crippen molar-refractivity contribution in [2.24, 2.45) is 0 Å². The van der Waals surface area contributed by atoms with Crippen molar-refractivity contribution in [2.45, 2.75) is 27.3 Å². The van der Waals surface area contributed by atoms with E-state index >= 15 is 0 Å². The summed E-state index contributed by atoms with van der Waals surface area (Å²) in [4.78, 5) is 18.2. The summed E-state index contributed by atoms with van der Waals surface area (Å²) >= 11 is 5.89. The summed E-state index contributed by atoms with van der Waals surface area (Å²) in [5.41, 5.74) is 4.06. The van der Waals surface area contributed by atoms with Gasteiger partial charge in [0.2, 0.25) is 11.7 Å². The van der Waals surface area contributed by atoms with Crippen molar-refractivity contribution in [2.75, 3.05) is 13.7 Å². The molecule has 0 bridgehead atoms. The Morgan fingerprint density at radius 2 is 1.89 bits per heavy atom. The van der Waals surface area contributed by atoms with Crippen molar-refractivity contribution < 1.29 is 14.1 Å². The fourth-order valence-electron chi connectivity index (χ4n) is 2.73. The third kappa shape index (κ3) is 4.70. The maximum Gasteiger partial charge on any atom is 0.260 e. The molecule has 3 aromatic rings. The predicted molar refractivity (Wildman–Crippen MR) is 107 cm³/mol. The van der Waals surface area contributed by atoms with Gasteiger partial charge in [0.1, 0.15) is 5.75 Å². The second-order valence-corrected chi connectivity index (χ2v) is 7.20. The minimum absolute atomic E-state index is 0.0571. The molecule has 0 fully saturated rings. The van der Waals surface area contributed by atoms with E-state index in [0.29, 0.717) is 16.7 Å². The molecule has 0 aliphatic heterocycles. The van der Waals surface area contributed by atoms with Crippen LogP contribution >= 0.6 is 11.6 Å². The second kappa shape index (κ2) is 8.44. The molecule has 0 N–H and O–H groups in total. The Hall–Kier alpha value is -2.86. The van der Waals surface area contributed by atoms with E-state index in [2.05, 4.69) is 16.2 Å². The first-order valence-electron chi connectivity index (χ1n) is 8.86. The molecule has 0 aliphatic carbocycles. The number of benzene rings is 2. The van der Waals surface area contributed by atoms with Crippen LogP contribution in [-0.2, 0) is 11.3 Å². The molecule has 0 saturated carbocycles. The van der Waals surface area contributed by atoms with E-state index in [0.717, 1.165) is 28.0 Å². The lowest BCUT2D eigenvalue weighted by molar-refractivity contribution is -0.132. The Bertz CT molecular complexity index is 983. The molecule has 7 heteroatoms. The van der Waals surface area contributed by atoms with Gasteiger partial charge in [-0.1, -0.05) is 22.8 Å². The number of ether oxygens (including phenoxy) is 1. The molecule has 0 spiro atoms. The van der Waals surface area contributed by atoms with Crippen molar-refractivity contribution in [1.82, 2.24) is 15.0 Å². The molecule has 146 valence electrons. The molecule has 0 unspecified atom stereocenters. The van der Waals surface area contributed by atoms with Crippen LogP contribution in [0.25, 0.3) is 11.4 Å². The highest BCUT2D eigenvalue weighted by Gasteiger charge is 2.16. The van der Waals surface area contributed by atoms with E-state index in [1.165, 1.54) is 4.90 Å². The van der Waals surface area contributed by atoms with Gasteiger partial charge in [-0.2, -0.15) is 4.98 Å². The van der Waals surface area contributed by atoms with Crippen LogP contribution in [0.5, 0.6) is 5.75 Å². The molecule has 0 radical (unpaired) electrons. The standard InChI is InChI=1S/C21H22ClN3O3/c1-13-9-14(2)15(3)18(10-13)27-12-20(26)25(4)11-19-23-21(24-28-19)16-5-7-17(22)8-6-16/h5-10H,11-12H2,1-4H3. The molecule has 28 heavy (non-hydrogen) atoms. The van der Waals surface area contributed by atoms with Crippen LogP contribution in [-0.4, -0.2) is 34.6 Å². The van der Waals surface area contributed by atoms with E-state index in [9.17, 15) is 4.79 Å². The first kappa shape index (κ1) is 19.9. The summed E-state index contributed by atoms with van der Waals surface area (Å²) in [5.74, 6) is 1.35. The third-order valence-corrected chi connectivity index (χ3v) is 4.74. The van der Waals surface area contributed by atoms with Gasteiger partial charge in [0, 0.05) is 17.6 Å². The van der Waals surface area contributed by atoms with E-state index in [-0.39, 0.29) is 19.1 Å². The number of nitrogens with zero attached hydrogens (tertiary/aromatic N) is 3. The van der Waals surface area contributed by atoms with Crippen LogP contribution in [0.1, 0.15) is 22.6 Å². The summed E-state index contributed by atoms with van der Waals surface area (Å²) in [5, 5.41) is 4.59. The van der Waals surface area contributed by atoms with Gasteiger partial charge < -0.3 is 14.2 Å². The Morgan fingerprint density at radius 3 is 2.61 bits per heavy atom. The largest absolute Gasteiger partial charge is 0.483 e. The van der Waals surface area contributed by atoms with Crippen LogP contribution in [0.2, 0.25) is 5.02 Å². The molecule has 6 nitrogen and oxygen atoms in total. The fourth-order valence-corrected chi connectivity index (χ4v) is 2.85. The van der Waals surface area contributed by atoms with Gasteiger partial charge in [-0.3, -0.25) is 4.79 Å². The summed E-state index contributed by atoms with van der Waals surface area (Å²) in [6.07, 6.45) is 0. The van der Waals surface area contributed by atoms with Crippen molar-refractivity contribution in [3.05, 3.63) is 64.0 Å². The number of halogens is 1. The number of aryl methyl sites for hydroxylation is 2. The summed E-state index contributed by atoms with van der Waals surface area (Å²) < 4.78 is 11.0. The lowest BCUT2D eigenvalue weighted by Gasteiger charge is -2.17. The molecule has 0 aliphatic rings. The zero-order valence-electron chi connectivity index (χ0n) is 16.3. The maximum atomic E-state index is 12.4. The highest BCUT2D eigenvalue weighted by atomic mass is 35.5. The Kier molecular flexibility index (Phi) is 5.99. The molecule has 0 atom stereocenters. The van der Waals surface area contributed by atoms with E-state index in [1.807, 2.05) is 39.0 Å². The Balaban J connectivity index is 1.60.